The van der Waals surface area contributed by atoms with E-state index in [4.69, 9.17) is 4.74 Å². The summed E-state index contributed by atoms with van der Waals surface area (Å²) in [5, 5.41) is 1.99. The molecule has 0 N–H and O–H groups in total. The van der Waals surface area contributed by atoms with Crippen LogP contribution >= 0.6 is 23.1 Å². The van der Waals surface area contributed by atoms with Crippen LogP contribution in [0.25, 0.3) is 0 Å². The van der Waals surface area contributed by atoms with Crippen LogP contribution in [0.5, 0.6) is 5.06 Å². The zero-order chi connectivity index (χ0) is 9.10. The minimum Gasteiger partial charge on any atom is -0.486 e. The van der Waals surface area contributed by atoms with E-state index in [2.05, 4.69) is 9.88 Å². The van der Waals surface area contributed by atoms with E-state index >= 15 is 0 Å². The maximum Gasteiger partial charge on any atom is 0.195 e. The van der Waals surface area contributed by atoms with Gasteiger partial charge in [-0.05, 0) is 0 Å². The Hall–Kier alpha value is -0.420. The summed E-state index contributed by atoms with van der Waals surface area (Å²) >= 11 is 3.63. The smallest absolute Gasteiger partial charge is 0.195 e. The van der Waals surface area contributed by atoms with Crippen LogP contribution in [-0.2, 0) is 0 Å². The van der Waals surface area contributed by atoms with Gasteiger partial charge in [-0.15, -0.1) is 0 Å². The lowest BCUT2D eigenvalue weighted by molar-refractivity contribution is 0.426. The molecule has 2 heterocycles. The summed E-state index contributed by atoms with van der Waals surface area (Å²) in [6.45, 7) is 2.22. The highest BCUT2D eigenvalue weighted by molar-refractivity contribution is 7.99. The average Bonchev–Trinajstić information content (AvgIpc) is 2.67. The number of ether oxygens (including phenoxy) is 1. The van der Waals surface area contributed by atoms with Gasteiger partial charge >= 0.3 is 0 Å². The van der Waals surface area contributed by atoms with Crippen LogP contribution in [0.15, 0.2) is 6.20 Å². The number of hydrogen-bond acceptors (Lipinski definition) is 5. The molecule has 0 saturated carbocycles. The Morgan fingerprint density at radius 2 is 2.23 bits per heavy atom. The molecule has 1 aliphatic heterocycles. The van der Waals surface area contributed by atoms with Crippen molar-refractivity contribution in [3.63, 3.8) is 0 Å². The van der Waals surface area contributed by atoms with Crippen molar-refractivity contribution in [2.75, 3.05) is 36.6 Å². The predicted molar refractivity (Wildman–Crippen MR) is 58.2 cm³/mol. The molecule has 0 spiro atoms. The standard InChI is InChI=1S/C8H12N2OS2/c1-11-7-6-9-8(13-7)10-2-4-12-5-3-10/h6H,2-5H2,1H3. The first kappa shape index (κ1) is 9.15. The summed E-state index contributed by atoms with van der Waals surface area (Å²) < 4.78 is 5.11. The van der Waals surface area contributed by atoms with Crippen LogP contribution in [0.4, 0.5) is 5.13 Å². The van der Waals surface area contributed by atoms with Gasteiger partial charge in [0.1, 0.15) is 0 Å². The van der Waals surface area contributed by atoms with E-state index in [1.165, 1.54) is 11.5 Å². The normalized spacial score (nSPS) is 17.5. The Morgan fingerprint density at radius 3 is 2.85 bits per heavy atom. The van der Waals surface area contributed by atoms with Crippen molar-refractivity contribution >= 4 is 28.2 Å². The molecule has 0 bridgehead atoms. The topological polar surface area (TPSA) is 25.4 Å². The molecule has 0 amide bonds. The molecule has 0 atom stereocenters. The highest BCUT2D eigenvalue weighted by Crippen LogP contribution is 2.29. The molecule has 1 aromatic heterocycles. The third-order valence-corrected chi connectivity index (χ3v) is 3.92. The van der Waals surface area contributed by atoms with Crippen molar-refractivity contribution in [3.8, 4) is 5.06 Å². The Labute approximate surface area is 86.1 Å². The Morgan fingerprint density at radius 1 is 1.46 bits per heavy atom. The largest absolute Gasteiger partial charge is 0.486 e. The van der Waals surface area contributed by atoms with E-state index in [1.54, 1.807) is 24.6 Å². The molecule has 0 aliphatic carbocycles. The van der Waals surface area contributed by atoms with Gasteiger partial charge in [-0.25, -0.2) is 4.98 Å². The number of nitrogens with zero attached hydrogens (tertiary/aromatic N) is 2. The van der Waals surface area contributed by atoms with Gasteiger partial charge in [0.05, 0.1) is 13.3 Å². The number of anilines is 1. The summed E-state index contributed by atoms with van der Waals surface area (Å²) in [6.07, 6.45) is 1.79. The lowest BCUT2D eigenvalue weighted by Gasteiger charge is -2.25. The maximum absolute atomic E-state index is 5.11. The molecule has 1 aliphatic rings. The second kappa shape index (κ2) is 4.19. The average molecular weight is 216 g/mol. The number of thioether (sulfide) groups is 1. The van der Waals surface area contributed by atoms with Gasteiger partial charge in [-0.3, -0.25) is 0 Å². The summed E-state index contributed by atoms with van der Waals surface area (Å²) in [5.74, 6) is 2.42. The van der Waals surface area contributed by atoms with E-state index in [9.17, 15) is 0 Å². The fraction of sp³-hybridized carbons (Fsp3) is 0.625. The summed E-state index contributed by atoms with van der Waals surface area (Å²) in [6, 6.07) is 0. The van der Waals surface area contributed by atoms with Gasteiger partial charge in [0.2, 0.25) is 0 Å². The maximum atomic E-state index is 5.11. The van der Waals surface area contributed by atoms with Crippen molar-refractivity contribution in [1.82, 2.24) is 4.98 Å². The van der Waals surface area contributed by atoms with Gasteiger partial charge < -0.3 is 9.64 Å². The van der Waals surface area contributed by atoms with E-state index in [0.717, 1.165) is 23.3 Å². The van der Waals surface area contributed by atoms with Crippen molar-refractivity contribution in [2.45, 2.75) is 0 Å². The minimum atomic E-state index is 0.897. The second-order valence-electron chi connectivity index (χ2n) is 2.77. The molecule has 13 heavy (non-hydrogen) atoms. The fourth-order valence-corrected chi connectivity index (χ4v) is 2.93. The molecule has 0 aromatic carbocycles. The number of methoxy groups -OCH3 is 1. The van der Waals surface area contributed by atoms with Crippen molar-refractivity contribution in [1.29, 1.82) is 0 Å². The quantitative estimate of drug-likeness (QED) is 0.751. The van der Waals surface area contributed by atoms with E-state index < -0.39 is 0 Å². The molecular weight excluding hydrogens is 204 g/mol. The monoisotopic (exact) mass is 216 g/mol. The third kappa shape index (κ3) is 2.08. The molecule has 1 saturated heterocycles. The van der Waals surface area contributed by atoms with E-state index in [-0.39, 0.29) is 0 Å². The Balaban J connectivity index is 2.05. The van der Waals surface area contributed by atoms with Crippen LogP contribution in [0.2, 0.25) is 0 Å². The third-order valence-electron chi connectivity index (χ3n) is 1.96. The molecule has 5 heteroatoms. The molecule has 72 valence electrons. The zero-order valence-corrected chi connectivity index (χ0v) is 9.16. The Bertz CT molecular complexity index is 271. The first-order valence-corrected chi connectivity index (χ1v) is 6.20. The summed E-state index contributed by atoms with van der Waals surface area (Å²) in [5.41, 5.74) is 0. The van der Waals surface area contributed by atoms with Gasteiger partial charge in [0, 0.05) is 24.6 Å². The van der Waals surface area contributed by atoms with Crippen LogP contribution in [0, 0.1) is 0 Å². The molecule has 2 rings (SSSR count). The Kier molecular flexibility index (Phi) is 2.95. The number of aromatic nitrogens is 1. The minimum absolute atomic E-state index is 0.897. The van der Waals surface area contributed by atoms with Gasteiger partial charge in [-0.1, -0.05) is 11.3 Å². The first-order chi connectivity index (χ1) is 6.40. The van der Waals surface area contributed by atoms with Crippen molar-refractivity contribution in [2.24, 2.45) is 0 Å². The number of thiazole rings is 1. The molecule has 0 radical (unpaired) electrons. The SMILES string of the molecule is COc1cnc(N2CCSCC2)s1. The molecular formula is C8H12N2OS2. The highest BCUT2D eigenvalue weighted by atomic mass is 32.2. The first-order valence-electron chi connectivity index (χ1n) is 4.22. The second-order valence-corrected chi connectivity index (χ2v) is 4.96. The van der Waals surface area contributed by atoms with Crippen LogP contribution in [-0.4, -0.2) is 36.7 Å². The number of hydrogen-bond donors (Lipinski definition) is 0. The van der Waals surface area contributed by atoms with Gasteiger partial charge in [0.15, 0.2) is 10.2 Å². The molecule has 0 unspecified atom stereocenters. The van der Waals surface area contributed by atoms with Crippen LogP contribution in [0.1, 0.15) is 0 Å². The van der Waals surface area contributed by atoms with Crippen LogP contribution < -0.4 is 9.64 Å². The summed E-state index contributed by atoms with van der Waals surface area (Å²) in [4.78, 5) is 6.64. The molecule has 3 nitrogen and oxygen atoms in total. The summed E-state index contributed by atoms with van der Waals surface area (Å²) in [7, 11) is 1.68. The lowest BCUT2D eigenvalue weighted by Crippen LogP contribution is -2.32. The van der Waals surface area contributed by atoms with Crippen molar-refractivity contribution in [3.05, 3.63) is 6.20 Å². The zero-order valence-electron chi connectivity index (χ0n) is 7.52. The van der Waals surface area contributed by atoms with Crippen LogP contribution in [0.3, 0.4) is 0 Å². The number of rotatable bonds is 2. The molecule has 1 aromatic rings. The van der Waals surface area contributed by atoms with E-state index in [1.807, 2.05) is 11.8 Å². The molecule has 1 fully saturated rings. The fourth-order valence-electron chi connectivity index (χ4n) is 1.25. The lowest BCUT2D eigenvalue weighted by atomic mass is 10.5. The van der Waals surface area contributed by atoms with Crippen molar-refractivity contribution < 1.29 is 4.74 Å². The van der Waals surface area contributed by atoms with Gasteiger partial charge in [-0.2, -0.15) is 11.8 Å². The van der Waals surface area contributed by atoms with Gasteiger partial charge in [0.25, 0.3) is 0 Å². The highest BCUT2D eigenvalue weighted by Gasteiger charge is 2.14. The van der Waals surface area contributed by atoms with E-state index in [0.29, 0.717) is 0 Å². The predicted octanol–water partition coefficient (Wildman–Crippen LogP) is 1.70.